The maximum atomic E-state index is 12.5. The summed E-state index contributed by atoms with van der Waals surface area (Å²) in [5.41, 5.74) is 1.81. The second kappa shape index (κ2) is 11.4. The van der Waals surface area contributed by atoms with Crippen LogP contribution in [-0.2, 0) is 16.6 Å². The molecule has 8 heteroatoms. The van der Waals surface area contributed by atoms with E-state index in [1.165, 1.54) is 18.4 Å². The molecule has 2 N–H and O–H groups in total. The number of halogens is 1. The number of guanidine groups is 1. The van der Waals surface area contributed by atoms with Crippen molar-refractivity contribution in [1.82, 2.24) is 14.9 Å². The fraction of sp³-hybridized carbons (Fsp3) is 0.350. The lowest BCUT2D eigenvalue weighted by molar-refractivity contribution is 0.519. The van der Waals surface area contributed by atoms with Crippen LogP contribution >= 0.6 is 24.0 Å². The fourth-order valence-electron chi connectivity index (χ4n) is 2.60. The standard InChI is InChI=1S/C20H28N4O2S.HI/c1-5-21-20(23-16(2)17-11-7-6-8-12-17)22-15-18-13-9-10-14-19(18)27(25,26)24(3)4;/h6-14,16H,5,15H2,1-4H3,(H2,21,22,23);1H. The van der Waals surface area contributed by atoms with Gasteiger partial charge in [0.2, 0.25) is 10.0 Å². The molecule has 28 heavy (non-hydrogen) atoms. The van der Waals surface area contributed by atoms with Gasteiger partial charge >= 0.3 is 0 Å². The average molecular weight is 516 g/mol. The second-order valence-electron chi connectivity index (χ2n) is 6.37. The van der Waals surface area contributed by atoms with E-state index >= 15 is 0 Å². The first kappa shape index (κ1) is 24.4. The molecule has 0 amide bonds. The first-order valence-electron chi connectivity index (χ1n) is 8.96. The van der Waals surface area contributed by atoms with Gasteiger partial charge in [0.1, 0.15) is 0 Å². The summed E-state index contributed by atoms with van der Waals surface area (Å²) in [7, 11) is -0.450. The maximum absolute atomic E-state index is 12.5. The van der Waals surface area contributed by atoms with Crippen LogP contribution < -0.4 is 10.6 Å². The van der Waals surface area contributed by atoms with Gasteiger partial charge in [-0.2, -0.15) is 0 Å². The molecule has 0 aliphatic heterocycles. The molecule has 2 aromatic carbocycles. The Morgan fingerprint density at radius 2 is 1.68 bits per heavy atom. The Balaban J connectivity index is 0.00000392. The Bertz CT molecular complexity index is 871. The lowest BCUT2D eigenvalue weighted by Gasteiger charge is -2.19. The summed E-state index contributed by atoms with van der Waals surface area (Å²) >= 11 is 0. The summed E-state index contributed by atoms with van der Waals surface area (Å²) in [6, 6.07) is 17.1. The molecule has 6 nitrogen and oxygen atoms in total. The summed E-state index contributed by atoms with van der Waals surface area (Å²) in [6.07, 6.45) is 0. The lowest BCUT2D eigenvalue weighted by atomic mass is 10.1. The quantitative estimate of drug-likeness (QED) is 0.336. The van der Waals surface area contributed by atoms with Gasteiger partial charge in [-0.25, -0.2) is 17.7 Å². The van der Waals surface area contributed by atoms with Crippen LogP contribution in [0.15, 0.2) is 64.5 Å². The van der Waals surface area contributed by atoms with Crippen LogP contribution in [0.3, 0.4) is 0 Å². The third-order valence-corrected chi connectivity index (χ3v) is 6.05. The van der Waals surface area contributed by atoms with Gasteiger partial charge in [0.15, 0.2) is 5.96 Å². The van der Waals surface area contributed by atoms with Crippen LogP contribution in [0.2, 0.25) is 0 Å². The van der Waals surface area contributed by atoms with Crippen molar-refractivity contribution in [2.45, 2.75) is 31.3 Å². The van der Waals surface area contributed by atoms with Crippen molar-refractivity contribution < 1.29 is 8.42 Å². The first-order chi connectivity index (χ1) is 12.9. The van der Waals surface area contributed by atoms with Crippen LogP contribution in [0, 0.1) is 0 Å². The van der Waals surface area contributed by atoms with E-state index in [4.69, 9.17) is 0 Å². The van der Waals surface area contributed by atoms with E-state index in [2.05, 4.69) is 34.7 Å². The molecule has 0 saturated carbocycles. The first-order valence-corrected chi connectivity index (χ1v) is 10.4. The number of hydrogen-bond acceptors (Lipinski definition) is 3. The van der Waals surface area contributed by atoms with Crippen LogP contribution in [-0.4, -0.2) is 39.3 Å². The molecule has 0 heterocycles. The van der Waals surface area contributed by atoms with Crippen molar-refractivity contribution in [2.24, 2.45) is 4.99 Å². The molecule has 0 saturated heterocycles. The van der Waals surface area contributed by atoms with Gasteiger partial charge in [-0.15, -0.1) is 24.0 Å². The predicted molar refractivity (Wildman–Crippen MR) is 126 cm³/mol. The molecule has 1 atom stereocenters. The van der Waals surface area contributed by atoms with Crippen molar-refractivity contribution in [3.8, 4) is 0 Å². The van der Waals surface area contributed by atoms with Gasteiger partial charge in [-0.3, -0.25) is 0 Å². The molecular weight excluding hydrogens is 487 g/mol. The SMILES string of the molecule is CCNC(=NCc1ccccc1S(=O)(=O)N(C)C)NC(C)c1ccccc1.I. The van der Waals surface area contributed by atoms with Crippen LogP contribution in [0.25, 0.3) is 0 Å². The van der Waals surface area contributed by atoms with E-state index in [0.717, 1.165) is 5.56 Å². The molecule has 0 radical (unpaired) electrons. The van der Waals surface area contributed by atoms with Gasteiger partial charge in [0.25, 0.3) is 0 Å². The minimum absolute atomic E-state index is 0. The highest BCUT2D eigenvalue weighted by Gasteiger charge is 2.20. The number of hydrogen-bond donors (Lipinski definition) is 2. The summed E-state index contributed by atoms with van der Waals surface area (Å²) in [4.78, 5) is 4.88. The van der Waals surface area contributed by atoms with E-state index in [1.54, 1.807) is 18.2 Å². The summed E-state index contributed by atoms with van der Waals surface area (Å²) in [6.45, 7) is 5.03. The minimum Gasteiger partial charge on any atom is -0.357 e. The van der Waals surface area contributed by atoms with Crippen molar-refractivity contribution >= 4 is 40.0 Å². The predicted octanol–water partition coefficient (Wildman–Crippen LogP) is 3.37. The van der Waals surface area contributed by atoms with E-state index in [-0.39, 0.29) is 41.5 Å². The lowest BCUT2D eigenvalue weighted by Crippen LogP contribution is -2.38. The van der Waals surface area contributed by atoms with Crippen molar-refractivity contribution in [3.05, 3.63) is 65.7 Å². The topological polar surface area (TPSA) is 73.8 Å². The molecule has 0 fully saturated rings. The fourth-order valence-corrected chi connectivity index (χ4v) is 3.71. The van der Waals surface area contributed by atoms with Crippen LogP contribution in [0.4, 0.5) is 0 Å². The van der Waals surface area contributed by atoms with E-state index in [9.17, 15) is 8.42 Å². The molecular formula is C20H29IN4O2S. The Morgan fingerprint density at radius 3 is 2.29 bits per heavy atom. The van der Waals surface area contributed by atoms with E-state index in [0.29, 0.717) is 18.1 Å². The molecule has 0 bridgehead atoms. The molecule has 154 valence electrons. The number of aliphatic imine (C=N–C) groups is 1. The van der Waals surface area contributed by atoms with Crippen LogP contribution in [0.5, 0.6) is 0 Å². The zero-order valence-electron chi connectivity index (χ0n) is 16.7. The average Bonchev–Trinajstić information content (AvgIpc) is 2.67. The zero-order chi connectivity index (χ0) is 19.9. The minimum atomic E-state index is -3.51. The van der Waals surface area contributed by atoms with E-state index in [1.807, 2.05) is 31.2 Å². The monoisotopic (exact) mass is 516 g/mol. The number of nitrogens with zero attached hydrogens (tertiary/aromatic N) is 2. The van der Waals surface area contributed by atoms with Crippen LogP contribution in [0.1, 0.15) is 31.0 Å². The van der Waals surface area contributed by atoms with Gasteiger partial charge in [0.05, 0.1) is 17.5 Å². The Labute approximate surface area is 185 Å². The maximum Gasteiger partial charge on any atom is 0.242 e. The molecule has 1 unspecified atom stereocenters. The summed E-state index contributed by atoms with van der Waals surface area (Å²) < 4.78 is 26.3. The third-order valence-electron chi connectivity index (χ3n) is 4.14. The van der Waals surface area contributed by atoms with Gasteiger partial charge < -0.3 is 10.6 Å². The van der Waals surface area contributed by atoms with Gasteiger partial charge in [-0.05, 0) is 31.0 Å². The number of rotatable bonds is 7. The normalized spacial score (nSPS) is 13.0. The highest BCUT2D eigenvalue weighted by molar-refractivity contribution is 14.0. The summed E-state index contributed by atoms with van der Waals surface area (Å²) in [5, 5.41) is 6.58. The van der Waals surface area contributed by atoms with Crippen molar-refractivity contribution in [2.75, 3.05) is 20.6 Å². The number of benzene rings is 2. The molecule has 0 spiro atoms. The smallest absolute Gasteiger partial charge is 0.242 e. The second-order valence-corrected chi connectivity index (χ2v) is 8.49. The Hall–Kier alpha value is -1.65. The molecule has 2 rings (SSSR count). The van der Waals surface area contributed by atoms with Gasteiger partial charge in [0, 0.05) is 20.6 Å². The Kier molecular flexibility index (Phi) is 9.91. The highest BCUT2D eigenvalue weighted by atomic mass is 127. The zero-order valence-corrected chi connectivity index (χ0v) is 19.9. The number of nitrogens with one attached hydrogen (secondary N) is 2. The van der Waals surface area contributed by atoms with Crippen molar-refractivity contribution in [1.29, 1.82) is 0 Å². The Morgan fingerprint density at radius 1 is 1.07 bits per heavy atom. The van der Waals surface area contributed by atoms with Gasteiger partial charge in [-0.1, -0.05) is 48.5 Å². The van der Waals surface area contributed by atoms with Crippen molar-refractivity contribution in [3.63, 3.8) is 0 Å². The largest absolute Gasteiger partial charge is 0.357 e. The molecule has 2 aromatic rings. The highest BCUT2D eigenvalue weighted by Crippen LogP contribution is 2.19. The molecule has 0 aliphatic carbocycles. The van der Waals surface area contributed by atoms with E-state index < -0.39 is 10.0 Å². The number of sulfonamides is 1. The third kappa shape index (κ3) is 6.46. The summed E-state index contributed by atoms with van der Waals surface area (Å²) in [5.74, 6) is 0.644. The molecule has 0 aromatic heterocycles. The molecule has 0 aliphatic rings.